The molecule has 1 aliphatic heterocycles. The second kappa shape index (κ2) is 5.35. The minimum Gasteiger partial charge on any atom is -0.381 e. The van der Waals surface area contributed by atoms with Gasteiger partial charge >= 0.3 is 0 Å². The highest BCUT2D eigenvalue weighted by Gasteiger charge is 2.32. The molecule has 2 nitrogen and oxygen atoms in total. The average molecular weight is 294 g/mol. The molecule has 22 heavy (non-hydrogen) atoms. The van der Waals surface area contributed by atoms with Crippen molar-refractivity contribution in [1.82, 2.24) is 0 Å². The first-order valence-electron chi connectivity index (χ1n) is 8.05. The molecule has 0 amide bonds. The molecule has 2 heteroatoms. The number of anilines is 2. The molecule has 1 N–H and O–H groups in total. The molecule has 0 unspecified atom stereocenters. The third-order valence-electron chi connectivity index (χ3n) is 4.81. The summed E-state index contributed by atoms with van der Waals surface area (Å²) in [6.45, 7) is 13.1. The maximum atomic E-state index is 3.60. The lowest BCUT2D eigenvalue weighted by molar-refractivity contribution is 0.469. The number of hydrogen-bond donors (Lipinski definition) is 1. The van der Waals surface area contributed by atoms with Crippen LogP contribution < -0.4 is 10.2 Å². The largest absolute Gasteiger partial charge is 0.381 e. The van der Waals surface area contributed by atoms with E-state index in [0.717, 1.165) is 13.1 Å². The molecule has 0 saturated carbocycles. The number of hydrogen-bond acceptors (Lipinski definition) is 2. The number of fused-ring (bicyclic) bond motifs is 1. The Morgan fingerprint density at radius 2 is 1.64 bits per heavy atom. The molecule has 116 valence electrons. The molecule has 0 aromatic heterocycles. The standard InChI is InChI=1S/C20H26N2/c1-14-6-8-17(9-7-14)12-22-19-11-16(3)15(2)10-18(19)21-13-20(22,4)5/h6-11,21H,12-13H2,1-5H3. The van der Waals surface area contributed by atoms with Crippen LogP contribution in [0.2, 0.25) is 0 Å². The Hall–Kier alpha value is -1.96. The summed E-state index contributed by atoms with van der Waals surface area (Å²) >= 11 is 0. The van der Waals surface area contributed by atoms with Crippen molar-refractivity contribution in [3.8, 4) is 0 Å². The Morgan fingerprint density at radius 3 is 2.32 bits per heavy atom. The highest BCUT2D eigenvalue weighted by molar-refractivity contribution is 5.75. The summed E-state index contributed by atoms with van der Waals surface area (Å²) in [5, 5.41) is 3.60. The first-order chi connectivity index (χ1) is 10.4. The summed E-state index contributed by atoms with van der Waals surface area (Å²) in [5.41, 5.74) is 8.06. The van der Waals surface area contributed by atoms with Crippen LogP contribution in [-0.4, -0.2) is 12.1 Å². The molecule has 1 aliphatic rings. The molecule has 0 bridgehead atoms. The Kier molecular flexibility index (Phi) is 3.64. The van der Waals surface area contributed by atoms with Crippen molar-refractivity contribution < 1.29 is 0 Å². The van der Waals surface area contributed by atoms with Gasteiger partial charge in [-0.3, -0.25) is 0 Å². The second-order valence-electron chi connectivity index (χ2n) is 7.19. The maximum Gasteiger partial charge on any atom is 0.0612 e. The van der Waals surface area contributed by atoms with Crippen molar-refractivity contribution in [3.63, 3.8) is 0 Å². The lowest BCUT2D eigenvalue weighted by atomic mass is 9.94. The molecule has 0 saturated heterocycles. The topological polar surface area (TPSA) is 15.3 Å². The molecule has 0 aliphatic carbocycles. The van der Waals surface area contributed by atoms with E-state index in [1.807, 2.05) is 0 Å². The predicted molar refractivity (Wildman–Crippen MR) is 95.8 cm³/mol. The van der Waals surface area contributed by atoms with Gasteiger partial charge < -0.3 is 10.2 Å². The Balaban J connectivity index is 2.01. The van der Waals surface area contributed by atoms with E-state index in [-0.39, 0.29) is 5.54 Å². The summed E-state index contributed by atoms with van der Waals surface area (Å²) in [6.07, 6.45) is 0. The monoisotopic (exact) mass is 294 g/mol. The minimum absolute atomic E-state index is 0.0968. The Bertz CT molecular complexity index is 684. The summed E-state index contributed by atoms with van der Waals surface area (Å²) in [4.78, 5) is 2.54. The van der Waals surface area contributed by atoms with E-state index >= 15 is 0 Å². The van der Waals surface area contributed by atoms with Gasteiger partial charge in [-0.25, -0.2) is 0 Å². The molecular weight excluding hydrogens is 268 g/mol. The number of benzene rings is 2. The number of nitrogens with one attached hydrogen (secondary N) is 1. The quantitative estimate of drug-likeness (QED) is 0.854. The SMILES string of the molecule is Cc1ccc(CN2c3cc(C)c(C)cc3NCC2(C)C)cc1. The molecule has 0 radical (unpaired) electrons. The molecule has 3 rings (SSSR count). The Morgan fingerprint density at radius 1 is 1.00 bits per heavy atom. The minimum atomic E-state index is 0.0968. The lowest BCUT2D eigenvalue weighted by Crippen LogP contribution is -2.51. The van der Waals surface area contributed by atoms with Crippen LogP contribution in [0.1, 0.15) is 36.1 Å². The molecule has 0 spiro atoms. The highest BCUT2D eigenvalue weighted by atomic mass is 15.3. The summed E-state index contributed by atoms with van der Waals surface area (Å²) < 4.78 is 0. The average Bonchev–Trinajstić information content (AvgIpc) is 2.46. The van der Waals surface area contributed by atoms with Crippen molar-refractivity contribution >= 4 is 11.4 Å². The Labute approximate surface area is 134 Å². The van der Waals surface area contributed by atoms with Gasteiger partial charge in [0.15, 0.2) is 0 Å². The number of nitrogens with zero attached hydrogens (tertiary/aromatic N) is 1. The maximum absolute atomic E-state index is 3.60. The van der Waals surface area contributed by atoms with Crippen molar-refractivity contribution in [2.75, 3.05) is 16.8 Å². The van der Waals surface area contributed by atoms with Crippen LogP contribution in [0.4, 0.5) is 11.4 Å². The van der Waals surface area contributed by atoms with Gasteiger partial charge in [0.05, 0.1) is 16.9 Å². The molecule has 1 heterocycles. The highest BCUT2D eigenvalue weighted by Crippen LogP contribution is 2.38. The van der Waals surface area contributed by atoms with Gasteiger partial charge in [-0.1, -0.05) is 29.8 Å². The van der Waals surface area contributed by atoms with Gasteiger partial charge in [0.2, 0.25) is 0 Å². The van der Waals surface area contributed by atoms with E-state index in [2.05, 4.69) is 81.2 Å². The molecule has 0 fully saturated rings. The van der Waals surface area contributed by atoms with Crippen molar-refractivity contribution in [2.24, 2.45) is 0 Å². The van der Waals surface area contributed by atoms with Gasteiger partial charge in [0.1, 0.15) is 0 Å². The predicted octanol–water partition coefficient (Wildman–Crippen LogP) is 4.82. The van der Waals surface area contributed by atoms with Crippen LogP contribution in [0.3, 0.4) is 0 Å². The van der Waals surface area contributed by atoms with Gasteiger partial charge in [-0.2, -0.15) is 0 Å². The van der Waals surface area contributed by atoms with Crippen LogP contribution in [0.5, 0.6) is 0 Å². The van der Waals surface area contributed by atoms with E-state index in [0.29, 0.717) is 0 Å². The van der Waals surface area contributed by atoms with Gasteiger partial charge in [0.25, 0.3) is 0 Å². The van der Waals surface area contributed by atoms with E-state index in [1.54, 1.807) is 0 Å². The van der Waals surface area contributed by atoms with Crippen molar-refractivity contribution in [3.05, 3.63) is 58.7 Å². The van der Waals surface area contributed by atoms with Gasteiger partial charge in [0, 0.05) is 13.1 Å². The summed E-state index contributed by atoms with van der Waals surface area (Å²) in [6, 6.07) is 13.5. The first kappa shape index (κ1) is 15.0. The fourth-order valence-electron chi connectivity index (χ4n) is 3.07. The normalized spacial score (nSPS) is 16.1. The fourth-order valence-corrected chi connectivity index (χ4v) is 3.07. The smallest absolute Gasteiger partial charge is 0.0612 e. The lowest BCUT2D eigenvalue weighted by Gasteiger charge is -2.46. The second-order valence-corrected chi connectivity index (χ2v) is 7.19. The molecular formula is C20H26N2. The fraction of sp³-hybridized carbons (Fsp3) is 0.400. The van der Waals surface area contributed by atoms with E-state index in [9.17, 15) is 0 Å². The van der Waals surface area contributed by atoms with Crippen LogP contribution in [0.15, 0.2) is 36.4 Å². The van der Waals surface area contributed by atoms with Crippen LogP contribution in [0, 0.1) is 20.8 Å². The molecule has 2 aromatic carbocycles. The summed E-state index contributed by atoms with van der Waals surface area (Å²) in [7, 11) is 0. The third kappa shape index (κ3) is 2.70. The van der Waals surface area contributed by atoms with Gasteiger partial charge in [-0.05, 0) is 63.4 Å². The van der Waals surface area contributed by atoms with Crippen molar-refractivity contribution in [1.29, 1.82) is 0 Å². The number of rotatable bonds is 2. The van der Waals surface area contributed by atoms with Gasteiger partial charge in [-0.15, -0.1) is 0 Å². The molecule has 0 atom stereocenters. The van der Waals surface area contributed by atoms with Crippen LogP contribution in [-0.2, 0) is 6.54 Å². The van der Waals surface area contributed by atoms with Crippen LogP contribution >= 0.6 is 0 Å². The van der Waals surface area contributed by atoms with Crippen molar-refractivity contribution in [2.45, 2.75) is 46.7 Å². The summed E-state index contributed by atoms with van der Waals surface area (Å²) in [5.74, 6) is 0. The zero-order valence-electron chi connectivity index (χ0n) is 14.3. The van der Waals surface area contributed by atoms with Crippen LogP contribution in [0.25, 0.3) is 0 Å². The van der Waals surface area contributed by atoms with E-state index in [1.165, 1.54) is 33.6 Å². The number of aryl methyl sites for hydroxylation is 3. The first-order valence-corrected chi connectivity index (χ1v) is 8.05. The van der Waals surface area contributed by atoms with E-state index < -0.39 is 0 Å². The zero-order chi connectivity index (χ0) is 15.9. The zero-order valence-corrected chi connectivity index (χ0v) is 14.3. The molecule has 2 aromatic rings. The van der Waals surface area contributed by atoms with E-state index in [4.69, 9.17) is 0 Å². The third-order valence-corrected chi connectivity index (χ3v) is 4.81.